The summed E-state index contributed by atoms with van der Waals surface area (Å²) < 4.78 is 0. The lowest BCUT2D eigenvalue weighted by Gasteiger charge is -2.28. The third kappa shape index (κ3) is 2.54. The highest BCUT2D eigenvalue weighted by Gasteiger charge is 2.31. The molecule has 1 aliphatic carbocycles. The maximum Gasteiger partial charge on any atom is 0.254 e. The van der Waals surface area contributed by atoms with Gasteiger partial charge in [-0.3, -0.25) is 4.79 Å². The van der Waals surface area contributed by atoms with E-state index in [0.29, 0.717) is 5.56 Å². The molecule has 3 rings (SSSR count). The van der Waals surface area contributed by atoms with Crippen LogP contribution in [-0.4, -0.2) is 23.6 Å². The van der Waals surface area contributed by atoms with Gasteiger partial charge in [-0.1, -0.05) is 36.4 Å². The summed E-state index contributed by atoms with van der Waals surface area (Å²) in [5, 5.41) is 0. The largest absolute Gasteiger partial charge is 0.325 e. The molecular weight excluding hydrogens is 274 g/mol. The van der Waals surface area contributed by atoms with Crippen molar-refractivity contribution in [2.45, 2.75) is 25.8 Å². The van der Waals surface area contributed by atoms with Crippen LogP contribution in [0.4, 0.5) is 0 Å². The molecule has 0 bridgehead atoms. The van der Waals surface area contributed by atoms with Crippen molar-refractivity contribution in [1.29, 1.82) is 0 Å². The number of aryl methyl sites for hydroxylation is 1. The van der Waals surface area contributed by atoms with Crippen LogP contribution in [-0.2, 0) is 11.2 Å². The fourth-order valence-electron chi connectivity index (χ4n) is 3.32. The topological polar surface area (TPSA) is 37.4 Å². The molecule has 1 aliphatic rings. The molecule has 0 fully saturated rings. The molecule has 2 aromatic carbocycles. The Hall–Kier alpha value is -2.42. The minimum atomic E-state index is -0.0768. The van der Waals surface area contributed by atoms with Gasteiger partial charge in [-0.25, -0.2) is 0 Å². The van der Waals surface area contributed by atoms with Gasteiger partial charge in [0.2, 0.25) is 0 Å². The van der Waals surface area contributed by atoms with E-state index in [1.807, 2.05) is 24.3 Å². The standard InChI is InChI=1S/C19H19NO2/c1-14-6-5-9-17-16(14)10-11-18(17)20(12-13-21)19(22)15-7-3-2-4-8-15/h2-9,13,18H,10-12H2,1H3. The Morgan fingerprint density at radius 3 is 2.68 bits per heavy atom. The van der Waals surface area contributed by atoms with Gasteiger partial charge in [0.15, 0.2) is 0 Å². The van der Waals surface area contributed by atoms with Gasteiger partial charge in [-0.15, -0.1) is 0 Å². The summed E-state index contributed by atoms with van der Waals surface area (Å²) in [4.78, 5) is 25.6. The SMILES string of the molecule is Cc1cccc2c1CCC2N(CC=O)C(=O)c1ccccc1. The van der Waals surface area contributed by atoms with Crippen molar-refractivity contribution >= 4 is 12.2 Å². The second-order valence-electron chi connectivity index (χ2n) is 5.69. The van der Waals surface area contributed by atoms with Crippen LogP contribution in [0.3, 0.4) is 0 Å². The normalized spacial score (nSPS) is 16.1. The number of nitrogens with zero attached hydrogens (tertiary/aromatic N) is 1. The Kier molecular flexibility index (Phi) is 4.05. The van der Waals surface area contributed by atoms with Crippen molar-refractivity contribution in [2.24, 2.45) is 0 Å². The maximum absolute atomic E-state index is 12.8. The Labute approximate surface area is 130 Å². The number of hydrogen-bond donors (Lipinski definition) is 0. The van der Waals surface area contributed by atoms with Crippen LogP contribution in [0.25, 0.3) is 0 Å². The average Bonchev–Trinajstić information content (AvgIpc) is 2.98. The first kappa shape index (κ1) is 14.5. The van der Waals surface area contributed by atoms with E-state index in [2.05, 4.69) is 19.1 Å². The highest BCUT2D eigenvalue weighted by molar-refractivity contribution is 5.95. The number of benzene rings is 2. The van der Waals surface area contributed by atoms with Crippen molar-refractivity contribution in [3.05, 3.63) is 70.8 Å². The summed E-state index contributed by atoms with van der Waals surface area (Å²) in [6.07, 6.45) is 2.66. The van der Waals surface area contributed by atoms with Gasteiger partial charge < -0.3 is 9.69 Å². The van der Waals surface area contributed by atoms with E-state index in [1.54, 1.807) is 17.0 Å². The van der Waals surface area contributed by atoms with Gasteiger partial charge in [0.25, 0.3) is 5.91 Å². The van der Waals surface area contributed by atoms with E-state index in [0.717, 1.165) is 19.1 Å². The molecule has 0 aliphatic heterocycles. The quantitative estimate of drug-likeness (QED) is 0.811. The lowest BCUT2D eigenvalue weighted by molar-refractivity contribution is -0.108. The monoisotopic (exact) mass is 293 g/mol. The number of carbonyl (C=O) groups excluding carboxylic acids is 2. The van der Waals surface area contributed by atoms with Crippen molar-refractivity contribution in [3.8, 4) is 0 Å². The van der Waals surface area contributed by atoms with Crippen molar-refractivity contribution in [2.75, 3.05) is 6.54 Å². The predicted octanol–water partition coefficient (Wildman–Crippen LogP) is 3.32. The molecular formula is C19H19NO2. The van der Waals surface area contributed by atoms with Crippen LogP contribution in [0.15, 0.2) is 48.5 Å². The molecule has 2 aromatic rings. The molecule has 0 heterocycles. The first-order valence-electron chi connectivity index (χ1n) is 7.60. The molecule has 3 nitrogen and oxygen atoms in total. The van der Waals surface area contributed by atoms with Crippen LogP contribution < -0.4 is 0 Å². The number of rotatable bonds is 4. The first-order valence-corrected chi connectivity index (χ1v) is 7.60. The Bertz CT molecular complexity index is 694. The zero-order valence-corrected chi connectivity index (χ0v) is 12.7. The van der Waals surface area contributed by atoms with E-state index >= 15 is 0 Å². The Morgan fingerprint density at radius 2 is 1.95 bits per heavy atom. The summed E-state index contributed by atoms with van der Waals surface area (Å²) >= 11 is 0. The molecule has 0 saturated heterocycles. The van der Waals surface area contributed by atoms with E-state index in [1.165, 1.54) is 16.7 Å². The summed E-state index contributed by atoms with van der Waals surface area (Å²) in [5.41, 5.74) is 4.40. The summed E-state index contributed by atoms with van der Waals surface area (Å²) in [6.45, 7) is 2.23. The van der Waals surface area contributed by atoms with E-state index in [9.17, 15) is 9.59 Å². The number of hydrogen-bond acceptors (Lipinski definition) is 2. The Balaban J connectivity index is 1.95. The van der Waals surface area contributed by atoms with Crippen molar-refractivity contribution in [3.63, 3.8) is 0 Å². The third-order valence-corrected chi connectivity index (χ3v) is 4.40. The van der Waals surface area contributed by atoms with Crippen LogP contribution in [0.2, 0.25) is 0 Å². The minimum Gasteiger partial charge on any atom is -0.325 e. The van der Waals surface area contributed by atoms with Crippen LogP contribution in [0, 0.1) is 6.92 Å². The number of fused-ring (bicyclic) bond motifs is 1. The van der Waals surface area contributed by atoms with Crippen LogP contribution >= 0.6 is 0 Å². The van der Waals surface area contributed by atoms with Gasteiger partial charge in [0.05, 0.1) is 12.6 Å². The average molecular weight is 293 g/mol. The fraction of sp³-hybridized carbons (Fsp3) is 0.263. The summed E-state index contributed by atoms with van der Waals surface area (Å²) in [6, 6.07) is 15.4. The molecule has 0 aromatic heterocycles. The van der Waals surface area contributed by atoms with Gasteiger partial charge >= 0.3 is 0 Å². The summed E-state index contributed by atoms with van der Waals surface area (Å²) in [5.74, 6) is -0.0768. The van der Waals surface area contributed by atoms with Gasteiger partial charge in [-0.2, -0.15) is 0 Å². The van der Waals surface area contributed by atoms with E-state index in [4.69, 9.17) is 0 Å². The lowest BCUT2D eigenvalue weighted by atomic mass is 10.0. The molecule has 3 heteroatoms. The van der Waals surface area contributed by atoms with Crippen molar-refractivity contribution < 1.29 is 9.59 Å². The number of amides is 1. The lowest BCUT2D eigenvalue weighted by Crippen LogP contribution is -2.35. The van der Waals surface area contributed by atoms with Crippen LogP contribution in [0.5, 0.6) is 0 Å². The van der Waals surface area contributed by atoms with Crippen LogP contribution in [0.1, 0.15) is 39.5 Å². The molecule has 22 heavy (non-hydrogen) atoms. The highest BCUT2D eigenvalue weighted by Crippen LogP contribution is 2.37. The predicted molar refractivity (Wildman–Crippen MR) is 85.8 cm³/mol. The molecule has 0 N–H and O–H groups in total. The van der Waals surface area contributed by atoms with E-state index in [-0.39, 0.29) is 18.5 Å². The first-order chi connectivity index (χ1) is 10.7. The fourth-order valence-corrected chi connectivity index (χ4v) is 3.32. The molecule has 0 spiro atoms. The zero-order valence-electron chi connectivity index (χ0n) is 12.7. The smallest absolute Gasteiger partial charge is 0.254 e. The zero-order chi connectivity index (χ0) is 15.5. The number of aldehydes is 1. The Morgan fingerprint density at radius 1 is 1.18 bits per heavy atom. The molecule has 1 unspecified atom stereocenters. The minimum absolute atomic E-state index is 0.00666. The second-order valence-corrected chi connectivity index (χ2v) is 5.69. The molecule has 1 amide bonds. The highest BCUT2D eigenvalue weighted by atomic mass is 16.2. The third-order valence-electron chi connectivity index (χ3n) is 4.40. The number of carbonyl (C=O) groups is 2. The molecule has 1 atom stereocenters. The van der Waals surface area contributed by atoms with E-state index < -0.39 is 0 Å². The van der Waals surface area contributed by atoms with Gasteiger partial charge in [0, 0.05) is 5.56 Å². The summed E-state index contributed by atoms with van der Waals surface area (Å²) in [7, 11) is 0. The van der Waals surface area contributed by atoms with Gasteiger partial charge in [0.1, 0.15) is 6.29 Å². The second kappa shape index (κ2) is 6.14. The molecule has 0 saturated carbocycles. The molecule has 0 radical (unpaired) electrons. The maximum atomic E-state index is 12.8. The molecule has 112 valence electrons. The van der Waals surface area contributed by atoms with Gasteiger partial charge in [-0.05, 0) is 48.6 Å². The van der Waals surface area contributed by atoms with Crippen molar-refractivity contribution in [1.82, 2.24) is 4.90 Å².